The quantitative estimate of drug-likeness (QED) is 0.416. The Morgan fingerprint density at radius 1 is 1.13 bits per heavy atom. The Hall–Kier alpha value is -3.71. The number of carbonyl (C=O) groups excluding carboxylic acids is 1. The second-order valence-electron chi connectivity index (χ2n) is 7.02. The molecule has 0 bridgehead atoms. The van der Waals surface area contributed by atoms with Crippen molar-refractivity contribution in [2.45, 2.75) is 13.5 Å². The van der Waals surface area contributed by atoms with Crippen LogP contribution in [0.25, 0.3) is 26.4 Å². The third kappa shape index (κ3) is 3.87. The number of hydrogen-bond donors (Lipinski definition) is 1. The number of hydrogen-bond acceptors (Lipinski definition) is 5. The molecular weight excluding hydrogens is 408 g/mol. The molecule has 5 rings (SSSR count). The Labute approximate surface area is 183 Å². The van der Waals surface area contributed by atoms with E-state index < -0.39 is 0 Å². The maximum absolute atomic E-state index is 12.6. The molecule has 0 fully saturated rings. The van der Waals surface area contributed by atoms with Gasteiger partial charge in [-0.2, -0.15) is 0 Å². The second kappa shape index (κ2) is 8.20. The fraction of sp³-hybridized carbons (Fsp3) is 0.125. The zero-order chi connectivity index (χ0) is 21.2. The third-order valence-electron chi connectivity index (χ3n) is 4.97. The van der Waals surface area contributed by atoms with E-state index >= 15 is 0 Å². The number of carbonyl (C=O) groups is 1. The Kier molecular flexibility index (Phi) is 5.09. The summed E-state index contributed by atoms with van der Waals surface area (Å²) in [6, 6.07) is 19.3. The maximum Gasteiger partial charge on any atom is 0.251 e. The third-order valence-corrected chi connectivity index (χ3v) is 5.99. The first-order chi connectivity index (χ1) is 15.2. The topological polar surface area (TPSA) is 68.5 Å². The van der Waals surface area contributed by atoms with Crippen molar-refractivity contribution < 1.29 is 9.53 Å². The number of pyridine rings is 1. The van der Waals surface area contributed by atoms with Gasteiger partial charge in [-0.1, -0.05) is 17.4 Å². The summed E-state index contributed by atoms with van der Waals surface area (Å²) in [7, 11) is 0. The molecule has 154 valence electrons. The minimum absolute atomic E-state index is 0.117. The van der Waals surface area contributed by atoms with E-state index in [1.54, 1.807) is 17.5 Å². The Morgan fingerprint density at radius 3 is 2.77 bits per heavy atom. The maximum atomic E-state index is 12.6. The number of amides is 1. The van der Waals surface area contributed by atoms with Crippen molar-refractivity contribution in [1.29, 1.82) is 0 Å². The summed E-state index contributed by atoms with van der Waals surface area (Å²) in [6.07, 6.45) is 3.75. The molecule has 3 heterocycles. The normalized spacial score (nSPS) is 11.1. The van der Waals surface area contributed by atoms with Crippen molar-refractivity contribution in [3.8, 4) is 17.0 Å². The highest BCUT2D eigenvalue weighted by molar-refractivity contribution is 7.23. The number of nitrogens with zero attached hydrogens (tertiary/aromatic N) is 3. The zero-order valence-corrected chi connectivity index (χ0v) is 17.7. The first-order valence-electron chi connectivity index (χ1n) is 10.0. The van der Waals surface area contributed by atoms with Crippen LogP contribution < -0.4 is 10.1 Å². The molecule has 0 aliphatic rings. The van der Waals surface area contributed by atoms with Gasteiger partial charge in [-0.3, -0.25) is 14.2 Å². The number of benzene rings is 2. The summed E-state index contributed by atoms with van der Waals surface area (Å²) >= 11 is 1.57. The van der Waals surface area contributed by atoms with Gasteiger partial charge in [0.05, 0.1) is 34.8 Å². The highest BCUT2D eigenvalue weighted by Crippen LogP contribution is 2.30. The van der Waals surface area contributed by atoms with Gasteiger partial charge in [0.2, 0.25) is 0 Å². The van der Waals surface area contributed by atoms with Crippen LogP contribution in [0.3, 0.4) is 0 Å². The fourth-order valence-electron chi connectivity index (χ4n) is 3.45. The van der Waals surface area contributed by atoms with Gasteiger partial charge in [0, 0.05) is 23.5 Å². The number of nitrogens with one attached hydrogen (secondary N) is 1. The van der Waals surface area contributed by atoms with Crippen LogP contribution in [0.2, 0.25) is 0 Å². The molecular formula is C24H20N4O2S. The van der Waals surface area contributed by atoms with E-state index in [1.165, 1.54) is 0 Å². The number of ether oxygens (including phenoxy) is 1. The predicted octanol–water partition coefficient (Wildman–Crippen LogP) is 4.94. The molecule has 0 aliphatic heterocycles. The van der Waals surface area contributed by atoms with Crippen LogP contribution in [0.5, 0.6) is 5.75 Å². The molecule has 0 aliphatic carbocycles. The largest absolute Gasteiger partial charge is 0.494 e. The molecule has 0 spiro atoms. The van der Waals surface area contributed by atoms with E-state index in [9.17, 15) is 4.79 Å². The van der Waals surface area contributed by atoms with E-state index in [4.69, 9.17) is 9.72 Å². The van der Waals surface area contributed by atoms with E-state index in [0.717, 1.165) is 37.9 Å². The van der Waals surface area contributed by atoms with Crippen molar-refractivity contribution in [1.82, 2.24) is 19.7 Å². The predicted molar refractivity (Wildman–Crippen MR) is 123 cm³/mol. The monoisotopic (exact) mass is 428 g/mol. The lowest BCUT2D eigenvalue weighted by atomic mass is 10.1. The molecule has 1 amide bonds. The SMILES string of the molecule is CCOc1ccc(-c2cn3c(n2)sc2cc(C(=O)NCc4ccccn4)ccc23)cc1. The molecule has 7 heteroatoms. The first kappa shape index (κ1) is 19.3. The van der Waals surface area contributed by atoms with Gasteiger partial charge in [0.1, 0.15) is 5.75 Å². The van der Waals surface area contributed by atoms with Crippen LogP contribution >= 0.6 is 11.3 Å². The molecule has 0 saturated carbocycles. The van der Waals surface area contributed by atoms with Crippen LogP contribution in [0, 0.1) is 0 Å². The van der Waals surface area contributed by atoms with Crippen molar-refractivity contribution in [2.24, 2.45) is 0 Å². The molecule has 2 aromatic carbocycles. The summed E-state index contributed by atoms with van der Waals surface area (Å²) in [5.74, 6) is 0.736. The lowest BCUT2D eigenvalue weighted by Crippen LogP contribution is -2.23. The number of fused-ring (bicyclic) bond motifs is 3. The number of imidazole rings is 1. The zero-order valence-electron chi connectivity index (χ0n) is 16.9. The lowest BCUT2D eigenvalue weighted by Gasteiger charge is -2.05. The van der Waals surface area contributed by atoms with Gasteiger partial charge in [-0.05, 0) is 61.5 Å². The lowest BCUT2D eigenvalue weighted by molar-refractivity contribution is 0.0950. The number of thiazole rings is 1. The van der Waals surface area contributed by atoms with E-state index in [1.807, 2.05) is 73.8 Å². The molecule has 31 heavy (non-hydrogen) atoms. The van der Waals surface area contributed by atoms with Gasteiger partial charge in [-0.15, -0.1) is 0 Å². The van der Waals surface area contributed by atoms with Crippen LogP contribution in [0.15, 0.2) is 73.1 Å². The van der Waals surface area contributed by atoms with Crippen LogP contribution in [0.1, 0.15) is 23.0 Å². The Balaban J connectivity index is 1.38. The Morgan fingerprint density at radius 2 is 2.00 bits per heavy atom. The van der Waals surface area contributed by atoms with Gasteiger partial charge >= 0.3 is 0 Å². The smallest absolute Gasteiger partial charge is 0.251 e. The molecule has 0 radical (unpaired) electrons. The van der Waals surface area contributed by atoms with Crippen LogP contribution in [-0.2, 0) is 6.54 Å². The van der Waals surface area contributed by atoms with Gasteiger partial charge in [-0.25, -0.2) is 4.98 Å². The molecule has 0 unspecified atom stereocenters. The molecule has 0 atom stereocenters. The van der Waals surface area contributed by atoms with Crippen molar-refractivity contribution >= 4 is 32.4 Å². The van der Waals surface area contributed by atoms with Gasteiger partial charge < -0.3 is 10.1 Å². The average Bonchev–Trinajstić information content (AvgIpc) is 3.36. The summed E-state index contributed by atoms with van der Waals surface area (Å²) < 4.78 is 8.60. The van der Waals surface area contributed by atoms with Gasteiger partial charge in [0.15, 0.2) is 4.96 Å². The summed E-state index contributed by atoms with van der Waals surface area (Å²) in [5, 5.41) is 2.92. The standard InChI is InChI=1S/C24H20N4O2S/c1-2-30-19-9-6-16(7-10-19)20-15-28-21-11-8-17(13-22(21)31-24(28)27-20)23(29)26-14-18-5-3-4-12-25-18/h3-13,15H,2,14H2,1H3,(H,26,29). The second-order valence-corrected chi connectivity index (χ2v) is 8.03. The average molecular weight is 429 g/mol. The first-order valence-corrected chi connectivity index (χ1v) is 10.9. The summed E-state index contributed by atoms with van der Waals surface area (Å²) in [4.78, 5) is 22.5. The number of aromatic nitrogens is 3. The molecule has 1 N–H and O–H groups in total. The van der Waals surface area contributed by atoms with E-state index in [-0.39, 0.29) is 5.91 Å². The molecule has 5 aromatic rings. The van der Waals surface area contributed by atoms with E-state index in [2.05, 4.69) is 14.7 Å². The van der Waals surface area contributed by atoms with Crippen molar-refractivity contribution in [2.75, 3.05) is 6.61 Å². The molecule has 6 nitrogen and oxygen atoms in total. The minimum Gasteiger partial charge on any atom is -0.494 e. The van der Waals surface area contributed by atoms with Crippen molar-refractivity contribution in [3.63, 3.8) is 0 Å². The molecule has 3 aromatic heterocycles. The summed E-state index contributed by atoms with van der Waals surface area (Å²) in [5.41, 5.74) is 4.44. The van der Waals surface area contributed by atoms with Crippen LogP contribution in [0.4, 0.5) is 0 Å². The van der Waals surface area contributed by atoms with Crippen LogP contribution in [-0.4, -0.2) is 26.9 Å². The van der Waals surface area contributed by atoms with Gasteiger partial charge in [0.25, 0.3) is 5.91 Å². The highest BCUT2D eigenvalue weighted by Gasteiger charge is 2.13. The van der Waals surface area contributed by atoms with Crippen molar-refractivity contribution in [3.05, 3.63) is 84.3 Å². The fourth-order valence-corrected chi connectivity index (χ4v) is 4.49. The Bertz CT molecular complexity index is 1360. The van der Waals surface area contributed by atoms with E-state index in [0.29, 0.717) is 18.7 Å². The summed E-state index contributed by atoms with van der Waals surface area (Å²) in [6.45, 7) is 3.02. The number of rotatable bonds is 6. The molecule has 0 saturated heterocycles. The minimum atomic E-state index is -0.117. The highest BCUT2D eigenvalue weighted by atomic mass is 32.1.